The van der Waals surface area contributed by atoms with Gasteiger partial charge in [0.15, 0.2) is 11.5 Å². The summed E-state index contributed by atoms with van der Waals surface area (Å²) in [5, 5.41) is 0.977. The quantitative estimate of drug-likeness (QED) is 0.235. The maximum absolute atomic E-state index is 6.16. The molecule has 8 nitrogen and oxygen atoms in total. The van der Waals surface area contributed by atoms with Crippen LogP contribution in [0.2, 0.25) is 0 Å². The van der Waals surface area contributed by atoms with Crippen LogP contribution in [0.15, 0.2) is 42.7 Å². The number of anilines is 1. The Kier molecular flexibility index (Phi) is 10.2. The predicted octanol–water partition coefficient (Wildman–Crippen LogP) is 5.24. The zero-order chi connectivity index (χ0) is 27.7. The monoisotopic (exact) mass is 581 g/mol. The molecule has 5 rings (SSSR count). The molecular weight excluding hydrogens is 542 g/mol. The Morgan fingerprint density at radius 3 is 2.40 bits per heavy atom. The molecule has 214 valence electrons. The first-order valence-corrected chi connectivity index (χ1v) is 15.5. The number of hydrogen-bond acceptors (Lipinski definition) is 9. The number of thioether (sulfide) groups is 1. The number of piperidine rings is 1. The maximum Gasteiger partial charge on any atom is 0.163 e. The number of piperazine rings is 1. The number of nitrogens with zero attached hydrogens (tertiary/aromatic N) is 5. The number of likely N-dealkylation sites (tertiary alicyclic amines) is 1. The topological polar surface area (TPSA) is 63.2 Å². The van der Waals surface area contributed by atoms with Gasteiger partial charge in [0.25, 0.3) is 0 Å². The summed E-state index contributed by atoms with van der Waals surface area (Å²) in [5.74, 6) is 4.10. The summed E-state index contributed by atoms with van der Waals surface area (Å²) in [7, 11) is 3.37. The van der Waals surface area contributed by atoms with Gasteiger partial charge in [-0.2, -0.15) is 0 Å². The van der Waals surface area contributed by atoms with Gasteiger partial charge in [0.1, 0.15) is 22.2 Å². The molecular formula is C30H39N5O3S2. The molecule has 40 heavy (non-hydrogen) atoms. The van der Waals surface area contributed by atoms with Crippen LogP contribution in [0, 0.1) is 0 Å². The van der Waals surface area contributed by atoms with Crippen molar-refractivity contribution < 1.29 is 14.2 Å². The Bertz CT molecular complexity index is 1260. The fraction of sp³-hybridized carbons (Fsp3) is 0.500. The summed E-state index contributed by atoms with van der Waals surface area (Å²) >= 11 is 7.48. The molecule has 0 aliphatic carbocycles. The Balaban J connectivity index is 1.16. The number of aromatic nitrogens is 2. The van der Waals surface area contributed by atoms with E-state index in [0.717, 1.165) is 83.2 Å². The summed E-state index contributed by atoms with van der Waals surface area (Å²) in [4.78, 5) is 16.4. The molecule has 0 unspecified atom stereocenters. The van der Waals surface area contributed by atoms with Crippen molar-refractivity contribution >= 4 is 45.0 Å². The summed E-state index contributed by atoms with van der Waals surface area (Å²) in [6.45, 7) is 7.55. The molecule has 1 aromatic heterocycles. The number of methoxy groups -OCH3 is 2. The fourth-order valence-corrected chi connectivity index (χ4v) is 6.49. The van der Waals surface area contributed by atoms with Crippen molar-refractivity contribution in [1.29, 1.82) is 0 Å². The van der Waals surface area contributed by atoms with Crippen molar-refractivity contribution in [2.24, 2.45) is 0 Å². The third-order valence-electron chi connectivity index (χ3n) is 7.58. The number of hydrogen-bond donors (Lipinski definition) is 0. The molecule has 0 radical (unpaired) electrons. The molecule has 2 aliphatic rings. The number of rotatable bonds is 10. The molecule has 3 heterocycles. The van der Waals surface area contributed by atoms with Crippen LogP contribution in [-0.2, 0) is 5.75 Å². The molecule has 0 bridgehead atoms. The van der Waals surface area contributed by atoms with Gasteiger partial charge in [-0.25, -0.2) is 9.97 Å². The molecule has 2 saturated heterocycles. The first-order valence-electron chi connectivity index (χ1n) is 14.1. The molecule has 0 atom stereocenters. The van der Waals surface area contributed by atoms with Gasteiger partial charge in [0, 0.05) is 49.9 Å². The van der Waals surface area contributed by atoms with E-state index in [4.69, 9.17) is 26.4 Å². The molecule has 0 saturated carbocycles. The Hall–Kier alpha value is -2.82. The molecule has 0 spiro atoms. The van der Waals surface area contributed by atoms with Crippen molar-refractivity contribution in [1.82, 2.24) is 19.8 Å². The largest absolute Gasteiger partial charge is 0.497 e. The lowest BCUT2D eigenvalue weighted by molar-refractivity contribution is 0.203. The van der Waals surface area contributed by atoms with Crippen molar-refractivity contribution in [3.63, 3.8) is 0 Å². The van der Waals surface area contributed by atoms with Crippen molar-refractivity contribution in [3.8, 4) is 17.2 Å². The first-order chi connectivity index (χ1) is 19.6. The van der Waals surface area contributed by atoms with E-state index in [1.165, 1.54) is 37.9 Å². The van der Waals surface area contributed by atoms with E-state index in [-0.39, 0.29) is 0 Å². The van der Waals surface area contributed by atoms with Crippen LogP contribution in [0.4, 0.5) is 5.82 Å². The van der Waals surface area contributed by atoms with Gasteiger partial charge >= 0.3 is 0 Å². The second-order valence-corrected chi connectivity index (χ2v) is 11.8. The van der Waals surface area contributed by atoms with Crippen LogP contribution in [0.3, 0.4) is 0 Å². The van der Waals surface area contributed by atoms with Gasteiger partial charge in [0.05, 0.1) is 26.3 Å². The maximum atomic E-state index is 6.16. The van der Waals surface area contributed by atoms with Crippen LogP contribution in [0.5, 0.6) is 17.2 Å². The summed E-state index contributed by atoms with van der Waals surface area (Å²) < 4.78 is 18.1. The van der Waals surface area contributed by atoms with Crippen LogP contribution >= 0.6 is 24.0 Å². The standard InChI is InChI=1S/C30H39N5O3S2/c1-36-24-9-7-23(8-10-24)21-40-30(39)35-16-14-34(15-17-35)29-25-19-27(37-2)28(20-26(25)31-22-32-29)38-18-6-13-33-11-4-3-5-12-33/h7-10,19-20,22H,3-6,11-18,21H2,1-2H3. The smallest absolute Gasteiger partial charge is 0.163 e. The minimum Gasteiger partial charge on any atom is -0.497 e. The van der Waals surface area contributed by atoms with Gasteiger partial charge in [-0.3, -0.25) is 0 Å². The summed E-state index contributed by atoms with van der Waals surface area (Å²) in [5.41, 5.74) is 2.10. The van der Waals surface area contributed by atoms with Gasteiger partial charge < -0.3 is 28.9 Å². The van der Waals surface area contributed by atoms with Gasteiger partial charge in [-0.1, -0.05) is 42.5 Å². The highest BCUT2D eigenvalue weighted by atomic mass is 32.2. The molecule has 10 heteroatoms. The molecule has 3 aromatic rings. The molecule has 2 fully saturated rings. The van der Waals surface area contributed by atoms with E-state index in [1.54, 1.807) is 32.3 Å². The summed E-state index contributed by atoms with van der Waals surface area (Å²) in [6.07, 6.45) is 6.63. The van der Waals surface area contributed by atoms with Crippen LogP contribution in [0.25, 0.3) is 10.9 Å². The van der Waals surface area contributed by atoms with Crippen LogP contribution in [0.1, 0.15) is 31.2 Å². The number of fused-ring (bicyclic) bond motifs is 1. The van der Waals surface area contributed by atoms with Crippen LogP contribution < -0.4 is 19.1 Å². The highest BCUT2D eigenvalue weighted by Crippen LogP contribution is 2.35. The highest BCUT2D eigenvalue weighted by Gasteiger charge is 2.23. The van der Waals surface area contributed by atoms with Gasteiger partial charge in [-0.05, 0) is 56.1 Å². The second kappa shape index (κ2) is 14.2. The van der Waals surface area contributed by atoms with E-state index >= 15 is 0 Å². The van der Waals surface area contributed by atoms with Crippen molar-refractivity contribution in [2.45, 2.75) is 31.4 Å². The van der Waals surface area contributed by atoms with Crippen molar-refractivity contribution in [2.75, 3.05) is 71.5 Å². The number of ether oxygens (including phenoxy) is 3. The van der Waals surface area contributed by atoms with E-state index in [1.807, 2.05) is 24.3 Å². The Morgan fingerprint density at radius 1 is 0.900 bits per heavy atom. The lowest BCUT2D eigenvalue weighted by atomic mass is 10.1. The van der Waals surface area contributed by atoms with Gasteiger partial charge in [0.2, 0.25) is 0 Å². The number of benzene rings is 2. The Morgan fingerprint density at radius 2 is 1.68 bits per heavy atom. The Labute approximate surface area is 247 Å². The summed E-state index contributed by atoms with van der Waals surface area (Å²) in [6, 6.07) is 12.2. The van der Waals surface area contributed by atoms with E-state index in [2.05, 4.69) is 36.8 Å². The normalized spacial score (nSPS) is 16.2. The molecule has 2 aromatic carbocycles. The molecule has 2 aliphatic heterocycles. The minimum atomic E-state index is 0.661. The lowest BCUT2D eigenvalue weighted by Crippen LogP contribution is -2.48. The minimum absolute atomic E-state index is 0.661. The van der Waals surface area contributed by atoms with Gasteiger partial charge in [-0.15, -0.1) is 0 Å². The molecule has 0 amide bonds. The fourth-order valence-electron chi connectivity index (χ4n) is 5.29. The number of thiocarbonyl (C=S) groups is 1. The van der Waals surface area contributed by atoms with Crippen molar-refractivity contribution in [3.05, 3.63) is 48.3 Å². The third kappa shape index (κ3) is 7.27. The lowest BCUT2D eigenvalue weighted by Gasteiger charge is -2.36. The van der Waals surface area contributed by atoms with Crippen LogP contribution in [-0.4, -0.2) is 90.7 Å². The third-order valence-corrected chi connectivity index (χ3v) is 9.18. The van der Waals surface area contributed by atoms with E-state index < -0.39 is 0 Å². The zero-order valence-electron chi connectivity index (χ0n) is 23.5. The highest BCUT2D eigenvalue weighted by molar-refractivity contribution is 8.22. The average molecular weight is 582 g/mol. The SMILES string of the molecule is COc1ccc(CSC(=S)N2CCN(c3ncnc4cc(OCCCN5CCCCC5)c(OC)cc34)CC2)cc1. The second-order valence-electron chi connectivity index (χ2n) is 10.2. The average Bonchev–Trinajstić information content (AvgIpc) is 3.02. The first kappa shape index (κ1) is 28.7. The van der Waals surface area contributed by atoms with E-state index in [0.29, 0.717) is 6.61 Å². The zero-order valence-corrected chi connectivity index (χ0v) is 25.1. The predicted molar refractivity (Wildman–Crippen MR) is 167 cm³/mol. The van der Waals surface area contributed by atoms with E-state index in [9.17, 15) is 0 Å². The molecule has 0 N–H and O–H groups in total.